The Morgan fingerprint density at radius 1 is 1.33 bits per heavy atom. The zero-order valence-electron chi connectivity index (χ0n) is 9.28. The highest BCUT2D eigenvalue weighted by molar-refractivity contribution is 6.30. The van der Waals surface area contributed by atoms with Crippen molar-refractivity contribution < 1.29 is 13.9 Å². The Morgan fingerprint density at radius 2 is 2.11 bits per heavy atom. The molecule has 2 atom stereocenters. The second-order valence-corrected chi connectivity index (χ2v) is 4.77. The van der Waals surface area contributed by atoms with Crippen molar-refractivity contribution in [3.8, 4) is 11.5 Å². The summed E-state index contributed by atoms with van der Waals surface area (Å²) in [5, 5.41) is 0.247. The molecule has 0 N–H and O–H groups in total. The van der Waals surface area contributed by atoms with E-state index in [4.69, 9.17) is 37.1 Å². The number of benzene rings is 1. The van der Waals surface area contributed by atoms with Gasteiger partial charge >= 0.3 is 5.63 Å². The summed E-state index contributed by atoms with van der Waals surface area (Å²) in [6.07, 6.45) is 0. The fourth-order valence-electron chi connectivity index (χ4n) is 2.01. The van der Waals surface area contributed by atoms with Crippen LogP contribution in [0.2, 0.25) is 0 Å². The van der Waals surface area contributed by atoms with Crippen LogP contribution in [-0.4, -0.2) is 12.7 Å². The third-order valence-corrected chi connectivity index (χ3v) is 3.75. The second kappa shape index (κ2) is 4.07. The van der Waals surface area contributed by atoms with Crippen LogP contribution in [0.15, 0.2) is 27.4 Å². The van der Waals surface area contributed by atoms with Crippen LogP contribution in [0.4, 0.5) is 0 Å². The van der Waals surface area contributed by atoms with Crippen LogP contribution in [0.25, 0.3) is 11.0 Å². The number of hydrogen-bond acceptors (Lipinski definition) is 4. The lowest BCUT2D eigenvalue weighted by molar-refractivity contribution is 0.292. The Bertz CT molecular complexity index is 680. The normalized spacial score (nSPS) is 21.7. The SMILES string of the molecule is COc1c2c(cc3ccc(=O)oc13)[C@H](Cl)[C@@H](Cl)O2. The number of fused-ring (bicyclic) bond motifs is 2. The van der Waals surface area contributed by atoms with Crippen LogP contribution in [0.1, 0.15) is 10.9 Å². The standard InChI is InChI=1S/C12H8Cl2O4/c1-16-11-9-5(2-3-7(15)17-9)4-6-8(13)12(14)18-10(6)11/h2-4,8,12H,1H3/t8-,12-/m0/s1. The molecule has 1 aliphatic heterocycles. The van der Waals surface area contributed by atoms with E-state index in [-0.39, 0.29) is 0 Å². The Morgan fingerprint density at radius 3 is 2.83 bits per heavy atom. The predicted molar refractivity (Wildman–Crippen MR) is 67.9 cm³/mol. The maximum Gasteiger partial charge on any atom is 0.336 e. The van der Waals surface area contributed by atoms with E-state index < -0.39 is 16.6 Å². The minimum absolute atomic E-state index is 0.332. The van der Waals surface area contributed by atoms with Gasteiger partial charge in [0, 0.05) is 17.0 Å². The van der Waals surface area contributed by atoms with Gasteiger partial charge in [0.15, 0.2) is 16.9 Å². The van der Waals surface area contributed by atoms with E-state index in [0.29, 0.717) is 22.5 Å². The minimum Gasteiger partial charge on any atom is -0.490 e. The van der Waals surface area contributed by atoms with Crippen LogP contribution < -0.4 is 15.1 Å². The fourth-order valence-corrected chi connectivity index (χ4v) is 2.45. The van der Waals surface area contributed by atoms with Gasteiger partial charge in [-0.15, -0.1) is 11.6 Å². The summed E-state index contributed by atoms with van der Waals surface area (Å²) in [4.78, 5) is 11.3. The Kier molecular flexibility index (Phi) is 2.64. The average Bonchev–Trinajstić information content (AvgIpc) is 2.63. The molecule has 2 heterocycles. The minimum atomic E-state index is -0.667. The third-order valence-electron chi connectivity index (χ3n) is 2.81. The van der Waals surface area contributed by atoms with Gasteiger partial charge in [0.05, 0.1) is 7.11 Å². The molecule has 1 aliphatic rings. The molecule has 0 unspecified atom stereocenters. The Hall–Kier alpha value is -1.39. The van der Waals surface area contributed by atoms with Crippen molar-refractivity contribution in [3.05, 3.63) is 34.2 Å². The number of methoxy groups -OCH3 is 1. The number of halogens is 2. The van der Waals surface area contributed by atoms with Gasteiger partial charge in [-0.1, -0.05) is 11.6 Å². The zero-order chi connectivity index (χ0) is 12.9. The van der Waals surface area contributed by atoms with Gasteiger partial charge in [-0.3, -0.25) is 0 Å². The largest absolute Gasteiger partial charge is 0.490 e. The fraction of sp³-hybridized carbons (Fsp3) is 0.250. The van der Waals surface area contributed by atoms with Gasteiger partial charge < -0.3 is 13.9 Å². The molecular weight excluding hydrogens is 279 g/mol. The van der Waals surface area contributed by atoms with Crippen molar-refractivity contribution in [3.63, 3.8) is 0 Å². The van der Waals surface area contributed by atoms with Gasteiger partial charge in [0.1, 0.15) is 5.38 Å². The van der Waals surface area contributed by atoms with Crippen molar-refractivity contribution in [2.24, 2.45) is 0 Å². The third kappa shape index (κ3) is 1.56. The van der Waals surface area contributed by atoms with Crippen LogP contribution in [0.3, 0.4) is 0 Å². The first-order chi connectivity index (χ1) is 8.61. The first-order valence-corrected chi connectivity index (χ1v) is 6.08. The molecule has 0 radical (unpaired) electrons. The molecule has 94 valence electrons. The number of rotatable bonds is 1. The molecule has 0 spiro atoms. The van der Waals surface area contributed by atoms with Crippen LogP contribution in [0.5, 0.6) is 11.5 Å². The maximum absolute atomic E-state index is 11.3. The molecule has 1 aromatic carbocycles. The number of hydrogen-bond donors (Lipinski definition) is 0. The first-order valence-electron chi connectivity index (χ1n) is 5.21. The average molecular weight is 287 g/mol. The van der Waals surface area contributed by atoms with Crippen LogP contribution in [0, 0.1) is 0 Å². The van der Waals surface area contributed by atoms with E-state index >= 15 is 0 Å². The lowest BCUT2D eigenvalue weighted by atomic mass is 10.1. The smallest absolute Gasteiger partial charge is 0.336 e. The molecule has 18 heavy (non-hydrogen) atoms. The molecule has 0 aliphatic carbocycles. The predicted octanol–water partition coefficient (Wildman–Crippen LogP) is 3.04. The summed E-state index contributed by atoms with van der Waals surface area (Å²) >= 11 is 12.1. The monoisotopic (exact) mass is 286 g/mol. The van der Waals surface area contributed by atoms with E-state index in [1.807, 2.05) is 0 Å². The molecule has 6 heteroatoms. The number of ether oxygens (including phenoxy) is 2. The molecule has 4 nitrogen and oxygen atoms in total. The topological polar surface area (TPSA) is 48.7 Å². The highest BCUT2D eigenvalue weighted by Crippen LogP contribution is 2.50. The van der Waals surface area contributed by atoms with Crippen molar-refractivity contribution in [2.45, 2.75) is 10.9 Å². The van der Waals surface area contributed by atoms with Gasteiger partial charge in [-0.05, 0) is 12.1 Å². The summed E-state index contributed by atoms with van der Waals surface area (Å²) in [5.41, 5.74) is -0.0593. The quantitative estimate of drug-likeness (QED) is 0.597. The zero-order valence-corrected chi connectivity index (χ0v) is 10.8. The van der Waals surface area contributed by atoms with E-state index in [0.717, 1.165) is 5.56 Å². The van der Waals surface area contributed by atoms with E-state index in [2.05, 4.69) is 0 Å². The molecule has 0 saturated carbocycles. The highest BCUT2D eigenvalue weighted by atomic mass is 35.5. The van der Waals surface area contributed by atoms with E-state index in [9.17, 15) is 4.79 Å². The molecule has 0 saturated heterocycles. The lowest BCUT2D eigenvalue weighted by Gasteiger charge is -2.09. The Balaban J connectivity index is 2.39. The van der Waals surface area contributed by atoms with Crippen LogP contribution in [-0.2, 0) is 0 Å². The summed E-state index contributed by atoms with van der Waals surface area (Å²) in [6.45, 7) is 0. The summed E-state index contributed by atoms with van der Waals surface area (Å²) in [5.74, 6) is 0.772. The van der Waals surface area contributed by atoms with Crippen molar-refractivity contribution in [1.82, 2.24) is 0 Å². The van der Waals surface area contributed by atoms with Gasteiger partial charge in [0.2, 0.25) is 5.75 Å². The Labute approximate surface area is 112 Å². The summed E-state index contributed by atoms with van der Waals surface area (Å²) in [7, 11) is 1.47. The van der Waals surface area contributed by atoms with Crippen LogP contribution >= 0.6 is 23.2 Å². The van der Waals surface area contributed by atoms with Crippen molar-refractivity contribution in [2.75, 3.05) is 7.11 Å². The van der Waals surface area contributed by atoms with Crippen molar-refractivity contribution in [1.29, 1.82) is 0 Å². The maximum atomic E-state index is 11.3. The van der Waals surface area contributed by atoms with E-state index in [1.54, 1.807) is 12.1 Å². The molecule has 0 amide bonds. The van der Waals surface area contributed by atoms with Gasteiger partial charge in [-0.25, -0.2) is 4.79 Å². The highest BCUT2D eigenvalue weighted by Gasteiger charge is 2.35. The molecule has 3 rings (SSSR count). The molecule has 0 fully saturated rings. The summed E-state index contributed by atoms with van der Waals surface area (Å²) in [6, 6.07) is 4.77. The second-order valence-electron chi connectivity index (χ2n) is 3.87. The molecular formula is C12H8Cl2O4. The molecule has 2 aromatic rings. The number of alkyl halides is 2. The first kappa shape index (κ1) is 11.7. The lowest BCUT2D eigenvalue weighted by Crippen LogP contribution is -2.05. The summed E-state index contributed by atoms with van der Waals surface area (Å²) < 4.78 is 15.8. The van der Waals surface area contributed by atoms with E-state index in [1.165, 1.54) is 13.2 Å². The molecule has 0 bridgehead atoms. The van der Waals surface area contributed by atoms with Gasteiger partial charge in [-0.2, -0.15) is 0 Å². The van der Waals surface area contributed by atoms with Gasteiger partial charge in [0.25, 0.3) is 0 Å². The van der Waals surface area contributed by atoms with Crippen molar-refractivity contribution >= 4 is 34.2 Å². The molecule has 1 aromatic heterocycles.